The van der Waals surface area contributed by atoms with E-state index in [1.54, 1.807) is 6.08 Å². The predicted octanol–water partition coefficient (Wildman–Crippen LogP) is 1.49. The number of cyclic esters (lactones) is 1. The Bertz CT molecular complexity index is 1280. The number of nitrogens with two attached hydrogens (primary N) is 1. The molecule has 1 atom stereocenters. The van der Waals surface area contributed by atoms with Crippen LogP contribution in [0.25, 0.3) is 0 Å². The number of nitrogen functional groups attached to an aromatic ring is 1. The van der Waals surface area contributed by atoms with Crippen LogP contribution in [-0.2, 0) is 9.47 Å². The minimum absolute atomic E-state index is 0.0531. The highest BCUT2D eigenvalue weighted by Crippen LogP contribution is 2.31. The molecule has 0 spiro atoms. The summed E-state index contributed by atoms with van der Waals surface area (Å²) in [5.74, 6) is -1.46. The molecule has 2 aromatic rings. The normalized spacial score (nSPS) is 19.4. The van der Waals surface area contributed by atoms with Crippen molar-refractivity contribution in [1.82, 2.24) is 25.5 Å². The Morgan fingerprint density at radius 2 is 2.08 bits per heavy atom. The minimum Gasteiger partial charge on any atom is -0.464 e. The van der Waals surface area contributed by atoms with Crippen LogP contribution in [0, 0.1) is 11.6 Å². The molecule has 1 aromatic carbocycles. The first-order chi connectivity index (χ1) is 17.9. The molecule has 0 aliphatic carbocycles. The lowest BCUT2D eigenvalue weighted by Crippen LogP contribution is -2.46. The molecule has 4 N–H and O–H groups in total. The van der Waals surface area contributed by atoms with E-state index in [4.69, 9.17) is 15.2 Å². The van der Waals surface area contributed by atoms with Crippen molar-refractivity contribution in [1.29, 1.82) is 0 Å². The van der Waals surface area contributed by atoms with Crippen molar-refractivity contribution in [2.75, 3.05) is 54.8 Å². The summed E-state index contributed by atoms with van der Waals surface area (Å²) in [7, 11) is 0. The summed E-state index contributed by atoms with van der Waals surface area (Å²) in [6.07, 6.45) is 4.73. The van der Waals surface area contributed by atoms with E-state index >= 15 is 8.78 Å². The number of carbonyl (C=O) groups is 2. The molecule has 1 unspecified atom stereocenters. The van der Waals surface area contributed by atoms with E-state index in [9.17, 15) is 9.59 Å². The van der Waals surface area contributed by atoms with Crippen molar-refractivity contribution in [3.05, 3.63) is 66.1 Å². The third-order valence-electron chi connectivity index (χ3n) is 5.93. The second-order valence-electron chi connectivity index (χ2n) is 8.38. The minimum atomic E-state index is -0.827. The molecule has 3 aliphatic rings. The van der Waals surface area contributed by atoms with E-state index in [0.29, 0.717) is 5.70 Å². The summed E-state index contributed by atoms with van der Waals surface area (Å²) in [5.41, 5.74) is 11.8. The summed E-state index contributed by atoms with van der Waals surface area (Å²) in [5, 5.41) is 8.26. The fourth-order valence-corrected chi connectivity index (χ4v) is 4.16. The Morgan fingerprint density at radius 1 is 1.27 bits per heavy atom. The van der Waals surface area contributed by atoms with Gasteiger partial charge in [0.1, 0.15) is 23.9 Å². The number of ether oxygens (including phenoxy) is 2. The topological polar surface area (TPSA) is 130 Å². The SMILES string of the molecule is Nc1ccn(C(=O)N2CCN(c3c(F)cc(N4CC(CNC5=C=COC=C5)OC4=O)cc3F)CCN2)n1. The van der Waals surface area contributed by atoms with Gasteiger partial charge in [0.15, 0.2) is 11.6 Å². The Hall–Kier alpha value is -4.55. The van der Waals surface area contributed by atoms with E-state index in [-0.39, 0.29) is 56.5 Å². The van der Waals surface area contributed by atoms with E-state index in [2.05, 4.69) is 21.6 Å². The lowest BCUT2D eigenvalue weighted by Gasteiger charge is -2.25. The molecule has 0 bridgehead atoms. The summed E-state index contributed by atoms with van der Waals surface area (Å²) in [6, 6.07) is 3.24. The molecule has 5 rings (SSSR count). The molecule has 1 aromatic heterocycles. The van der Waals surface area contributed by atoms with Gasteiger partial charge < -0.3 is 25.4 Å². The number of hydrogen-bond acceptors (Lipinski definition) is 9. The molecule has 12 nitrogen and oxygen atoms in total. The van der Waals surface area contributed by atoms with Gasteiger partial charge in [-0.2, -0.15) is 4.68 Å². The predicted molar refractivity (Wildman–Crippen MR) is 128 cm³/mol. The molecular weight excluding hydrogens is 490 g/mol. The number of rotatable bonds is 5. The average Bonchev–Trinajstić information content (AvgIpc) is 3.40. The van der Waals surface area contributed by atoms with E-state index in [1.165, 1.54) is 39.6 Å². The zero-order chi connectivity index (χ0) is 25.9. The standard InChI is InChI=1S/C23H24F2N8O4/c24-18-11-16(31-14-17(37-23(31)35)13-27-15-2-9-36-10-3-15)12-19(25)21(18)30-6-4-28-32(8-7-30)22(34)33-5-1-20(26)29-33/h1-2,5,9-12,17,27-28H,4,6-8,13-14H2,(H2,26,29). The number of amides is 2. The van der Waals surface area contributed by atoms with Gasteiger partial charge in [-0.25, -0.2) is 23.8 Å². The summed E-state index contributed by atoms with van der Waals surface area (Å²) in [6.45, 7) is 1.19. The molecule has 0 radical (unpaired) electrons. The van der Waals surface area contributed by atoms with Gasteiger partial charge in [-0.15, -0.1) is 5.10 Å². The number of halogens is 2. The highest BCUT2D eigenvalue weighted by molar-refractivity contribution is 5.90. The molecule has 37 heavy (non-hydrogen) atoms. The summed E-state index contributed by atoms with van der Waals surface area (Å²) >= 11 is 0. The number of benzene rings is 1. The summed E-state index contributed by atoms with van der Waals surface area (Å²) < 4.78 is 41.7. The first kappa shape index (κ1) is 24.2. The van der Waals surface area contributed by atoms with E-state index < -0.39 is 29.9 Å². The highest BCUT2D eigenvalue weighted by atomic mass is 19.1. The molecule has 14 heteroatoms. The smallest absolute Gasteiger partial charge is 0.414 e. The molecule has 2 fully saturated rings. The lowest BCUT2D eigenvalue weighted by molar-refractivity contribution is 0.142. The second kappa shape index (κ2) is 10.2. The van der Waals surface area contributed by atoms with Crippen LogP contribution in [0.1, 0.15) is 0 Å². The van der Waals surface area contributed by atoms with Gasteiger partial charge in [0.25, 0.3) is 0 Å². The van der Waals surface area contributed by atoms with E-state index in [1.807, 2.05) is 0 Å². The van der Waals surface area contributed by atoms with Gasteiger partial charge >= 0.3 is 12.1 Å². The van der Waals surface area contributed by atoms with Crippen LogP contribution in [0.15, 0.2) is 54.4 Å². The number of anilines is 3. The number of allylic oxidation sites excluding steroid dienone is 1. The first-order valence-electron chi connectivity index (χ1n) is 11.5. The van der Waals surface area contributed by atoms with Gasteiger partial charge in [0.05, 0.1) is 37.3 Å². The molecule has 2 amide bonds. The zero-order valence-electron chi connectivity index (χ0n) is 19.6. The van der Waals surface area contributed by atoms with Crippen LogP contribution >= 0.6 is 0 Å². The van der Waals surface area contributed by atoms with Crippen molar-refractivity contribution in [2.45, 2.75) is 6.10 Å². The van der Waals surface area contributed by atoms with Crippen molar-refractivity contribution in [3.63, 3.8) is 0 Å². The Kier molecular flexibility index (Phi) is 6.66. The van der Waals surface area contributed by atoms with Crippen LogP contribution in [0.5, 0.6) is 0 Å². The van der Waals surface area contributed by atoms with E-state index in [0.717, 1.165) is 16.8 Å². The number of hydrazine groups is 1. The average molecular weight is 514 g/mol. The van der Waals surface area contributed by atoms with Crippen LogP contribution in [-0.4, -0.2) is 72.3 Å². The van der Waals surface area contributed by atoms with Crippen molar-refractivity contribution < 1.29 is 27.8 Å². The summed E-state index contributed by atoms with van der Waals surface area (Å²) in [4.78, 5) is 27.7. The van der Waals surface area contributed by atoms with Gasteiger partial charge in [-0.1, -0.05) is 5.73 Å². The van der Waals surface area contributed by atoms with Crippen LogP contribution in [0.2, 0.25) is 0 Å². The molecule has 2 saturated heterocycles. The van der Waals surface area contributed by atoms with Gasteiger partial charge in [-0.3, -0.25) is 9.91 Å². The molecule has 0 saturated carbocycles. The molecular formula is C23H24F2N8O4. The van der Waals surface area contributed by atoms with Crippen LogP contribution in [0.3, 0.4) is 0 Å². The maximum absolute atomic E-state index is 15.2. The number of aromatic nitrogens is 2. The fourth-order valence-electron chi connectivity index (χ4n) is 4.16. The third kappa shape index (κ3) is 5.20. The molecule has 4 heterocycles. The Balaban J connectivity index is 1.24. The van der Waals surface area contributed by atoms with Crippen molar-refractivity contribution >= 4 is 29.3 Å². The number of nitrogens with one attached hydrogen (secondary N) is 2. The van der Waals surface area contributed by atoms with Gasteiger partial charge in [0.2, 0.25) is 0 Å². The quantitative estimate of drug-likeness (QED) is 0.508. The van der Waals surface area contributed by atoms with Crippen molar-refractivity contribution in [3.8, 4) is 0 Å². The van der Waals surface area contributed by atoms with Gasteiger partial charge in [0, 0.05) is 50.1 Å². The van der Waals surface area contributed by atoms with Gasteiger partial charge in [-0.05, 0) is 0 Å². The van der Waals surface area contributed by atoms with Crippen LogP contribution in [0.4, 0.5) is 35.6 Å². The highest BCUT2D eigenvalue weighted by Gasteiger charge is 2.34. The van der Waals surface area contributed by atoms with Crippen LogP contribution < -0.4 is 26.3 Å². The maximum atomic E-state index is 15.2. The number of carbonyl (C=O) groups excluding carboxylic acids is 2. The molecule has 3 aliphatic heterocycles. The monoisotopic (exact) mass is 514 g/mol. The maximum Gasteiger partial charge on any atom is 0.414 e. The number of hydrogen-bond donors (Lipinski definition) is 3. The number of nitrogens with zero attached hydrogens (tertiary/aromatic N) is 5. The molecule has 194 valence electrons. The second-order valence-corrected chi connectivity index (χ2v) is 8.38. The fraction of sp³-hybridized carbons (Fsp3) is 0.304. The largest absolute Gasteiger partial charge is 0.464 e. The third-order valence-corrected chi connectivity index (χ3v) is 5.93. The Labute approximate surface area is 210 Å². The first-order valence-corrected chi connectivity index (χ1v) is 11.5. The lowest BCUT2D eigenvalue weighted by atomic mass is 10.2. The van der Waals surface area contributed by atoms with Crippen molar-refractivity contribution in [2.24, 2.45) is 0 Å². The Morgan fingerprint density at radius 3 is 2.78 bits per heavy atom. The zero-order valence-corrected chi connectivity index (χ0v) is 19.6.